The van der Waals surface area contributed by atoms with E-state index in [0.717, 1.165) is 38.0 Å². The summed E-state index contributed by atoms with van der Waals surface area (Å²) in [5, 5.41) is 8.86. The lowest BCUT2D eigenvalue weighted by molar-refractivity contribution is -0.119. The molecule has 0 aliphatic heterocycles. The Kier molecular flexibility index (Phi) is 7.32. The molecule has 4 aromatic heterocycles. The highest BCUT2D eigenvalue weighted by atomic mass is 32.2. The molecule has 1 saturated carbocycles. The second kappa shape index (κ2) is 11.4. The molecule has 1 unspecified atom stereocenters. The largest absolute Gasteiger partial charge is 0.336 e. The van der Waals surface area contributed by atoms with E-state index in [9.17, 15) is 17.6 Å². The van der Waals surface area contributed by atoms with Crippen molar-refractivity contribution in [1.82, 2.24) is 30.1 Å². The summed E-state index contributed by atoms with van der Waals surface area (Å²) in [5.74, 6) is -1.11. The molecule has 4 heterocycles. The third-order valence-corrected chi connectivity index (χ3v) is 9.51. The fourth-order valence-corrected chi connectivity index (χ4v) is 6.60. The maximum absolute atomic E-state index is 16.3. The zero-order valence-corrected chi connectivity index (χ0v) is 25.3. The molecule has 0 saturated heterocycles. The summed E-state index contributed by atoms with van der Waals surface area (Å²) in [6.07, 6.45) is 9.30. The number of benzene rings is 2. The van der Waals surface area contributed by atoms with E-state index in [1.165, 1.54) is 30.7 Å². The summed E-state index contributed by atoms with van der Waals surface area (Å²) in [7, 11) is -3.70. The van der Waals surface area contributed by atoms with Crippen LogP contribution in [-0.4, -0.2) is 50.7 Å². The molecule has 1 aliphatic carbocycles. The molecule has 0 bridgehead atoms. The number of nitrogens with zero attached hydrogens (tertiary/aromatic N) is 4. The SMILES string of the molecule is CS(=O)(=O)C(N)c1cc(F)cc(-c2nccc3[nH]c(-c4n[nH]c5ccc(-c6cncc(NC(=O)C7CCCC7)c6)c(F)c45)nc23)c1. The van der Waals surface area contributed by atoms with E-state index in [0.29, 0.717) is 27.8 Å². The van der Waals surface area contributed by atoms with E-state index in [2.05, 4.69) is 35.5 Å². The van der Waals surface area contributed by atoms with Crippen LogP contribution < -0.4 is 11.1 Å². The van der Waals surface area contributed by atoms with Gasteiger partial charge in [0.25, 0.3) is 0 Å². The van der Waals surface area contributed by atoms with E-state index in [1.807, 2.05) is 0 Å². The van der Waals surface area contributed by atoms with E-state index >= 15 is 4.39 Å². The number of aromatic amines is 2. The Morgan fingerprint density at radius 2 is 1.83 bits per heavy atom. The summed E-state index contributed by atoms with van der Waals surface area (Å²) in [5.41, 5.74) is 9.18. The Balaban J connectivity index is 1.28. The van der Waals surface area contributed by atoms with Gasteiger partial charge in [-0.1, -0.05) is 12.8 Å². The predicted octanol–water partition coefficient (Wildman–Crippen LogP) is 5.64. The van der Waals surface area contributed by atoms with Crippen molar-refractivity contribution in [3.05, 3.63) is 78.3 Å². The molecule has 234 valence electrons. The lowest BCUT2D eigenvalue weighted by Crippen LogP contribution is -2.20. The molecule has 5 N–H and O–H groups in total. The van der Waals surface area contributed by atoms with Gasteiger partial charge in [-0.2, -0.15) is 5.10 Å². The van der Waals surface area contributed by atoms with Crippen LogP contribution in [0, 0.1) is 17.6 Å². The van der Waals surface area contributed by atoms with Gasteiger partial charge < -0.3 is 16.0 Å². The Hall–Kier alpha value is -5.08. The average molecular weight is 643 g/mol. The van der Waals surface area contributed by atoms with Gasteiger partial charge >= 0.3 is 0 Å². The van der Waals surface area contributed by atoms with Gasteiger partial charge in [-0.05, 0) is 60.9 Å². The number of fused-ring (bicyclic) bond motifs is 2. The molecule has 1 amide bonds. The van der Waals surface area contributed by atoms with Gasteiger partial charge in [-0.3, -0.25) is 19.9 Å². The number of hydrogen-bond donors (Lipinski definition) is 4. The molecule has 1 fully saturated rings. The minimum atomic E-state index is -3.70. The van der Waals surface area contributed by atoms with Crippen LogP contribution in [0.4, 0.5) is 14.5 Å². The van der Waals surface area contributed by atoms with Gasteiger partial charge in [0.2, 0.25) is 5.91 Å². The van der Waals surface area contributed by atoms with Gasteiger partial charge in [0.1, 0.15) is 28.2 Å². The fraction of sp³-hybridized carbons (Fsp3) is 0.219. The maximum atomic E-state index is 16.3. The number of carbonyl (C=O) groups excluding carboxylic acids is 1. The third-order valence-electron chi connectivity index (χ3n) is 8.32. The molecule has 7 rings (SSSR count). The van der Waals surface area contributed by atoms with Crippen LogP contribution in [-0.2, 0) is 14.6 Å². The number of rotatable bonds is 7. The molecule has 1 aliphatic rings. The lowest BCUT2D eigenvalue weighted by Gasteiger charge is -2.12. The molecule has 6 aromatic rings. The van der Waals surface area contributed by atoms with Crippen LogP contribution >= 0.6 is 0 Å². The first kappa shape index (κ1) is 29.6. The van der Waals surface area contributed by atoms with E-state index in [4.69, 9.17) is 5.73 Å². The predicted molar refractivity (Wildman–Crippen MR) is 170 cm³/mol. The molecule has 46 heavy (non-hydrogen) atoms. The van der Waals surface area contributed by atoms with Crippen molar-refractivity contribution in [3.8, 4) is 33.9 Å². The smallest absolute Gasteiger partial charge is 0.227 e. The summed E-state index contributed by atoms with van der Waals surface area (Å²) in [6.45, 7) is 0. The summed E-state index contributed by atoms with van der Waals surface area (Å²) in [6, 6.07) is 10.4. The second-order valence-electron chi connectivity index (χ2n) is 11.5. The number of halogens is 2. The quantitative estimate of drug-likeness (QED) is 0.173. The molecule has 0 radical (unpaired) electrons. The average Bonchev–Trinajstić information content (AvgIpc) is 3.80. The number of nitrogens with one attached hydrogen (secondary N) is 3. The van der Waals surface area contributed by atoms with Crippen LogP contribution in [0.15, 0.2) is 61.1 Å². The lowest BCUT2D eigenvalue weighted by atomic mass is 10.0. The second-order valence-corrected chi connectivity index (χ2v) is 13.7. The van der Waals surface area contributed by atoms with E-state index in [-0.39, 0.29) is 51.1 Å². The van der Waals surface area contributed by atoms with E-state index in [1.54, 1.807) is 24.3 Å². The third kappa shape index (κ3) is 5.39. The van der Waals surface area contributed by atoms with Crippen LogP contribution in [0.1, 0.15) is 36.6 Å². The van der Waals surface area contributed by atoms with Crippen molar-refractivity contribution in [1.29, 1.82) is 0 Å². The van der Waals surface area contributed by atoms with Gasteiger partial charge in [0.05, 0.1) is 34.0 Å². The Morgan fingerprint density at radius 1 is 1.02 bits per heavy atom. The number of sulfone groups is 1. The van der Waals surface area contributed by atoms with Gasteiger partial charge in [-0.25, -0.2) is 22.2 Å². The number of carbonyl (C=O) groups is 1. The van der Waals surface area contributed by atoms with Crippen molar-refractivity contribution in [2.75, 3.05) is 11.6 Å². The minimum Gasteiger partial charge on any atom is -0.336 e. The summed E-state index contributed by atoms with van der Waals surface area (Å²) >= 11 is 0. The van der Waals surface area contributed by atoms with Crippen LogP contribution in [0.3, 0.4) is 0 Å². The Morgan fingerprint density at radius 3 is 2.61 bits per heavy atom. The van der Waals surface area contributed by atoms with Crippen LogP contribution in [0.5, 0.6) is 0 Å². The number of amides is 1. The number of aromatic nitrogens is 6. The fourth-order valence-electron chi connectivity index (χ4n) is 5.97. The van der Waals surface area contributed by atoms with Gasteiger partial charge in [0.15, 0.2) is 15.7 Å². The number of nitrogens with two attached hydrogens (primary N) is 1. The monoisotopic (exact) mass is 642 g/mol. The van der Waals surface area contributed by atoms with Crippen LogP contribution in [0.25, 0.3) is 55.8 Å². The molecule has 14 heteroatoms. The highest BCUT2D eigenvalue weighted by Gasteiger charge is 2.25. The van der Waals surface area contributed by atoms with Gasteiger partial charge in [-0.15, -0.1) is 0 Å². The van der Waals surface area contributed by atoms with Crippen molar-refractivity contribution < 1.29 is 22.0 Å². The number of hydrogen-bond acceptors (Lipinski definition) is 8. The summed E-state index contributed by atoms with van der Waals surface area (Å²) in [4.78, 5) is 29.1. The van der Waals surface area contributed by atoms with Crippen molar-refractivity contribution in [3.63, 3.8) is 0 Å². The molecule has 0 spiro atoms. The molecule has 2 aromatic carbocycles. The van der Waals surface area contributed by atoms with E-state index < -0.39 is 26.8 Å². The summed E-state index contributed by atoms with van der Waals surface area (Å²) < 4.78 is 55.1. The zero-order chi connectivity index (χ0) is 32.2. The number of anilines is 1. The topological polar surface area (TPSA) is 172 Å². The van der Waals surface area contributed by atoms with Crippen molar-refractivity contribution >= 4 is 43.4 Å². The molecule has 1 atom stereocenters. The number of H-pyrrole nitrogens is 2. The highest BCUT2D eigenvalue weighted by Crippen LogP contribution is 2.36. The molecular weight excluding hydrogens is 614 g/mol. The first-order valence-electron chi connectivity index (χ1n) is 14.6. The van der Waals surface area contributed by atoms with Crippen molar-refractivity contribution in [2.24, 2.45) is 11.7 Å². The first-order chi connectivity index (χ1) is 22.1. The zero-order valence-electron chi connectivity index (χ0n) is 24.5. The first-order valence-corrected chi connectivity index (χ1v) is 16.6. The normalized spacial score (nSPS) is 14.7. The number of imidazole rings is 1. The minimum absolute atomic E-state index is 0.0298. The highest BCUT2D eigenvalue weighted by molar-refractivity contribution is 7.90. The van der Waals surface area contributed by atoms with Crippen LogP contribution in [0.2, 0.25) is 0 Å². The Labute approximate surface area is 261 Å². The van der Waals surface area contributed by atoms with Gasteiger partial charge in [0, 0.05) is 41.3 Å². The molecule has 11 nitrogen and oxygen atoms in total. The molecular formula is C32H28F2N8O3S. The standard InChI is InChI=1S/C32H28F2N8O3S/c1-46(44,45)30(35)18-10-17(11-20(33)12-18)27-28-24(8-9-37-27)39-31(40-28)29-25-23(41-42-29)7-6-22(26(25)34)19-13-21(15-36-14-19)38-32(43)16-4-2-3-5-16/h6-16,30H,2-5,35H2,1H3,(H,38,43)(H,39,40)(H,41,42). The van der Waals surface area contributed by atoms with Crippen molar-refractivity contribution in [2.45, 2.75) is 31.1 Å². The number of pyridine rings is 2. The maximum Gasteiger partial charge on any atom is 0.227 e. The Bertz CT molecular complexity index is 2260.